The van der Waals surface area contributed by atoms with E-state index < -0.39 is 0 Å². The molecule has 1 atom stereocenters. The standard InChI is InChI=1S/C12H19N3/c1-2-6-15-12(10-4-3-5-10)11-9-13-7-8-14-11/h7-10,12,15H,2-6H2,1H3. The first-order valence-electron chi connectivity index (χ1n) is 5.91. The molecule has 0 bridgehead atoms. The van der Waals surface area contributed by atoms with Gasteiger partial charge >= 0.3 is 0 Å². The van der Waals surface area contributed by atoms with E-state index in [2.05, 4.69) is 22.2 Å². The number of nitrogens with zero attached hydrogens (tertiary/aromatic N) is 2. The monoisotopic (exact) mass is 205 g/mol. The average molecular weight is 205 g/mol. The number of nitrogens with one attached hydrogen (secondary N) is 1. The fourth-order valence-electron chi connectivity index (χ4n) is 2.06. The van der Waals surface area contributed by atoms with E-state index >= 15 is 0 Å². The Bertz CT molecular complexity index is 282. The maximum absolute atomic E-state index is 4.41. The first-order chi connectivity index (χ1) is 7.42. The highest BCUT2D eigenvalue weighted by molar-refractivity contribution is 5.05. The number of rotatable bonds is 5. The van der Waals surface area contributed by atoms with E-state index in [9.17, 15) is 0 Å². The number of hydrogen-bond acceptors (Lipinski definition) is 3. The second kappa shape index (κ2) is 5.21. The molecule has 1 aromatic heterocycles. The maximum Gasteiger partial charge on any atom is 0.0758 e. The molecule has 1 heterocycles. The van der Waals surface area contributed by atoms with E-state index in [1.165, 1.54) is 25.7 Å². The Hall–Kier alpha value is -0.960. The first-order valence-corrected chi connectivity index (χ1v) is 5.91. The molecule has 1 unspecified atom stereocenters. The van der Waals surface area contributed by atoms with Crippen molar-refractivity contribution in [2.75, 3.05) is 6.54 Å². The number of hydrogen-bond donors (Lipinski definition) is 1. The van der Waals surface area contributed by atoms with Crippen molar-refractivity contribution in [3.05, 3.63) is 24.3 Å². The molecule has 1 saturated carbocycles. The Balaban J connectivity index is 2.04. The molecular formula is C12H19N3. The van der Waals surface area contributed by atoms with Crippen LogP contribution in [-0.2, 0) is 0 Å². The van der Waals surface area contributed by atoms with Crippen LogP contribution in [0.4, 0.5) is 0 Å². The molecule has 1 fully saturated rings. The highest BCUT2D eigenvalue weighted by Crippen LogP contribution is 2.36. The van der Waals surface area contributed by atoms with Crippen LogP contribution >= 0.6 is 0 Å². The number of aromatic nitrogens is 2. The Morgan fingerprint density at radius 3 is 2.87 bits per heavy atom. The van der Waals surface area contributed by atoms with E-state index in [-0.39, 0.29) is 0 Å². The molecule has 0 spiro atoms. The van der Waals surface area contributed by atoms with Crippen molar-refractivity contribution in [2.45, 2.75) is 38.6 Å². The minimum Gasteiger partial charge on any atom is -0.308 e. The average Bonchev–Trinajstić information content (AvgIpc) is 2.22. The molecule has 3 nitrogen and oxygen atoms in total. The van der Waals surface area contributed by atoms with E-state index in [1.54, 1.807) is 12.4 Å². The molecule has 1 aromatic rings. The SMILES string of the molecule is CCCNC(c1cnccn1)C1CCC1. The summed E-state index contributed by atoms with van der Waals surface area (Å²) in [5.41, 5.74) is 1.11. The third-order valence-corrected chi connectivity index (χ3v) is 3.14. The lowest BCUT2D eigenvalue weighted by molar-refractivity contribution is 0.227. The van der Waals surface area contributed by atoms with Crippen molar-refractivity contribution in [1.82, 2.24) is 15.3 Å². The zero-order chi connectivity index (χ0) is 10.5. The van der Waals surface area contributed by atoms with Gasteiger partial charge in [0.25, 0.3) is 0 Å². The topological polar surface area (TPSA) is 37.8 Å². The van der Waals surface area contributed by atoms with Gasteiger partial charge in [0.05, 0.1) is 11.7 Å². The van der Waals surface area contributed by atoms with E-state index in [0.717, 1.165) is 18.2 Å². The zero-order valence-electron chi connectivity index (χ0n) is 9.32. The Morgan fingerprint density at radius 1 is 1.47 bits per heavy atom. The highest BCUT2D eigenvalue weighted by Gasteiger charge is 2.28. The van der Waals surface area contributed by atoms with E-state index in [4.69, 9.17) is 0 Å². The Kier molecular flexibility index (Phi) is 3.67. The largest absolute Gasteiger partial charge is 0.308 e. The van der Waals surface area contributed by atoms with Crippen LogP contribution in [0, 0.1) is 5.92 Å². The fraction of sp³-hybridized carbons (Fsp3) is 0.667. The second-order valence-corrected chi connectivity index (χ2v) is 4.25. The summed E-state index contributed by atoms with van der Waals surface area (Å²) in [5.74, 6) is 0.772. The lowest BCUT2D eigenvalue weighted by Crippen LogP contribution is -2.33. The minimum absolute atomic E-state index is 0.424. The second-order valence-electron chi connectivity index (χ2n) is 4.25. The van der Waals surface area contributed by atoms with Crippen molar-refractivity contribution < 1.29 is 0 Å². The summed E-state index contributed by atoms with van der Waals surface area (Å²) in [5, 5.41) is 3.59. The zero-order valence-corrected chi connectivity index (χ0v) is 9.32. The molecule has 0 aromatic carbocycles. The molecule has 1 aliphatic carbocycles. The van der Waals surface area contributed by atoms with Gasteiger partial charge in [0.1, 0.15) is 0 Å². The first kappa shape index (κ1) is 10.6. The molecule has 2 rings (SSSR count). The molecular weight excluding hydrogens is 186 g/mol. The van der Waals surface area contributed by atoms with Crippen LogP contribution in [0.2, 0.25) is 0 Å². The summed E-state index contributed by atoms with van der Waals surface area (Å²) in [7, 11) is 0. The molecule has 82 valence electrons. The summed E-state index contributed by atoms with van der Waals surface area (Å²) in [6, 6.07) is 0.424. The Morgan fingerprint density at radius 2 is 2.33 bits per heavy atom. The van der Waals surface area contributed by atoms with Gasteiger partial charge in [0.2, 0.25) is 0 Å². The highest BCUT2D eigenvalue weighted by atomic mass is 15.0. The van der Waals surface area contributed by atoms with Gasteiger partial charge in [-0.15, -0.1) is 0 Å². The van der Waals surface area contributed by atoms with Crippen molar-refractivity contribution in [2.24, 2.45) is 5.92 Å². The quantitative estimate of drug-likeness (QED) is 0.801. The lowest BCUT2D eigenvalue weighted by atomic mass is 9.78. The smallest absolute Gasteiger partial charge is 0.0758 e. The predicted octanol–water partition coefficient (Wildman–Crippen LogP) is 2.32. The summed E-state index contributed by atoms with van der Waals surface area (Å²) in [6.45, 7) is 3.26. The lowest BCUT2D eigenvalue weighted by Gasteiger charge is -2.33. The van der Waals surface area contributed by atoms with Crippen molar-refractivity contribution >= 4 is 0 Å². The van der Waals surface area contributed by atoms with Gasteiger partial charge in [0, 0.05) is 18.6 Å². The van der Waals surface area contributed by atoms with Gasteiger partial charge < -0.3 is 5.32 Å². The minimum atomic E-state index is 0.424. The van der Waals surface area contributed by atoms with Gasteiger partial charge in [0.15, 0.2) is 0 Å². The summed E-state index contributed by atoms with van der Waals surface area (Å²) in [4.78, 5) is 8.56. The molecule has 0 saturated heterocycles. The van der Waals surface area contributed by atoms with Crippen LogP contribution in [0.25, 0.3) is 0 Å². The maximum atomic E-state index is 4.41. The molecule has 0 radical (unpaired) electrons. The molecule has 15 heavy (non-hydrogen) atoms. The van der Waals surface area contributed by atoms with Crippen LogP contribution < -0.4 is 5.32 Å². The third kappa shape index (κ3) is 2.53. The van der Waals surface area contributed by atoms with Gasteiger partial charge in [-0.3, -0.25) is 9.97 Å². The van der Waals surface area contributed by atoms with Gasteiger partial charge in [-0.25, -0.2) is 0 Å². The molecule has 0 amide bonds. The van der Waals surface area contributed by atoms with Gasteiger partial charge in [-0.2, -0.15) is 0 Å². The van der Waals surface area contributed by atoms with Crippen LogP contribution in [0.15, 0.2) is 18.6 Å². The van der Waals surface area contributed by atoms with Crippen molar-refractivity contribution in [1.29, 1.82) is 0 Å². The Labute approximate surface area is 91.3 Å². The van der Waals surface area contributed by atoms with E-state index in [0.29, 0.717) is 6.04 Å². The normalized spacial score (nSPS) is 18.5. The molecule has 3 heteroatoms. The fourth-order valence-corrected chi connectivity index (χ4v) is 2.06. The van der Waals surface area contributed by atoms with Gasteiger partial charge in [-0.1, -0.05) is 13.3 Å². The van der Waals surface area contributed by atoms with Crippen LogP contribution in [0.5, 0.6) is 0 Å². The third-order valence-electron chi connectivity index (χ3n) is 3.14. The van der Waals surface area contributed by atoms with Gasteiger partial charge in [-0.05, 0) is 31.7 Å². The summed E-state index contributed by atoms with van der Waals surface area (Å²) < 4.78 is 0. The van der Waals surface area contributed by atoms with Crippen LogP contribution in [-0.4, -0.2) is 16.5 Å². The molecule has 1 N–H and O–H groups in total. The van der Waals surface area contributed by atoms with Crippen LogP contribution in [0.3, 0.4) is 0 Å². The predicted molar refractivity (Wildman–Crippen MR) is 60.4 cm³/mol. The molecule has 0 aliphatic heterocycles. The van der Waals surface area contributed by atoms with Crippen LogP contribution in [0.1, 0.15) is 44.3 Å². The summed E-state index contributed by atoms with van der Waals surface area (Å²) >= 11 is 0. The molecule has 1 aliphatic rings. The van der Waals surface area contributed by atoms with E-state index in [1.807, 2.05) is 6.20 Å². The van der Waals surface area contributed by atoms with Crippen molar-refractivity contribution in [3.63, 3.8) is 0 Å². The summed E-state index contributed by atoms with van der Waals surface area (Å²) in [6.07, 6.45) is 10.6. The van der Waals surface area contributed by atoms with Crippen molar-refractivity contribution in [3.8, 4) is 0 Å².